The number of rotatable bonds is 4. The van der Waals surface area contributed by atoms with Crippen LogP contribution in [0.4, 0.5) is 0 Å². The van der Waals surface area contributed by atoms with Crippen LogP contribution in [0.1, 0.15) is 49.3 Å². The van der Waals surface area contributed by atoms with Crippen LogP contribution in [-0.4, -0.2) is 16.8 Å². The first-order valence-corrected chi connectivity index (χ1v) is 7.60. The number of benzene rings is 1. The van der Waals surface area contributed by atoms with Crippen molar-refractivity contribution in [1.29, 1.82) is 0 Å². The van der Waals surface area contributed by atoms with Crippen molar-refractivity contribution in [1.82, 2.24) is 15.1 Å². The summed E-state index contributed by atoms with van der Waals surface area (Å²) in [4.78, 5) is 0. The largest absolute Gasteiger partial charge is 0.311 e. The van der Waals surface area contributed by atoms with Gasteiger partial charge >= 0.3 is 0 Å². The average Bonchev–Trinajstić information content (AvgIpc) is 2.73. The molecule has 3 heteroatoms. The summed E-state index contributed by atoms with van der Waals surface area (Å²) in [7, 11) is 2.01. The van der Waals surface area contributed by atoms with Gasteiger partial charge in [-0.05, 0) is 43.5 Å². The lowest BCUT2D eigenvalue weighted by Crippen LogP contribution is -2.23. The van der Waals surface area contributed by atoms with Gasteiger partial charge in [0, 0.05) is 5.69 Å². The van der Waals surface area contributed by atoms with Gasteiger partial charge in [0.1, 0.15) is 0 Å². The first kappa shape index (κ1) is 15.8. The molecule has 2 rings (SSSR count). The summed E-state index contributed by atoms with van der Waals surface area (Å²) < 4.78 is 2.08. The summed E-state index contributed by atoms with van der Waals surface area (Å²) in [6.45, 7) is 11.7. The number of nitrogens with one attached hydrogen (secondary N) is 1. The highest BCUT2D eigenvalue weighted by atomic mass is 15.3. The van der Waals surface area contributed by atoms with E-state index in [2.05, 4.69) is 73.1 Å². The Labute approximate surface area is 128 Å². The molecule has 0 saturated heterocycles. The van der Waals surface area contributed by atoms with E-state index in [1.165, 1.54) is 16.8 Å². The summed E-state index contributed by atoms with van der Waals surface area (Å²) in [5, 5.41) is 7.96. The highest BCUT2D eigenvalue weighted by Gasteiger charge is 2.16. The fourth-order valence-corrected chi connectivity index (χ4v) is 2.61. The molecule has 21 heavy (non-hydrogen) atoms. The highest BCUT2D eigenvalue weighted by molar-refractivity contribution is 5.29. The van der Waals surface area contributed by atoms with Gasteiger partial charge in [-0.1, -0.05) is 45.0 Å². The zero-order valence-corrected chi connectivity index (χ0v) is 14.1. The average molecular weight is 285 g/mol. The maximum absolute atomic E-state index is 4.56. The number of aromatic nitrogens is 2. The van der Waals surface area contributed by atoms with E-state index in [0.29, 0.717) is 0 Å². The molecular weight excluding hydrogens is 258 g/mol. The van der Waals surface area contributed by atoms with E-state index in [1.807, 2.05) is 14.0 Å². The highest BCUT2D eigenvalue weighted by Crippen LogP contribution is 2.24. The summed E-state index contributed by atoms with van der Waals surface area (Å²) in [6, 6.07) is 11.3. The molecule has 1 heterocycles. The third-order valence-corrected chi connectivity index (χ3v) is 3.99. The summed E-state index contributed by atoms with van der Waals surface area (Å²) in [5.41, 5.74) is 5.15. The Morgan fingerprint density at radius 1 is 1.14 bits per heavy atom. The number of nitrogens with zero attached hydrogens (tertiary/aromatic N) is 2. The SMILES string of the molecule is CNC(Cn1nc(C)cc1C)c1ccc(C(C)(C)C)cc1. The zero-order valence-electron chi connectivity index (χ0n) is 14.1. The molecule has 2 aromatic rings. The van der Waals surface area contributed by atoms with E-state index in [0.717, 1.165) is 12.2 Å². The van der Waals surface area contributed by atoms with Crippen molar-refractivity contribution < 1.29 is 0 Å². The Morgan fingerprint density at radius 2 is 1.76 bits per heavy atom. The maximum atomic E-state index is 4.56. The molecule has 0 saturated carbocycles. The van der Waals surface area contributed by atoms with Gasteiger partial charge in [0.15, 0.2) is 0 Å². The summed E-state index contributed by atoms with van der Waals surface area (Å²) in [5.74, 6) is 0. The lowest BCUT2D eigenvalue weighted by atomic mass is 9.86. The Hall–Kier alpha value is -1.61. The molecule has 0 radical (unpaired) electrons. The first-order valence-electron chi connectivity index (χ1n) is 7.60. The van der Waals surface area contributed by atoms with Crippen molar-refractivity contribution in [2.75, 3.05) is 7.05 Å². The maximum Gasteiger partial charge on any atom is 0.0607 e. The fraction of sp³-hybridized carbons (Fsp3) is 0.500. The second kappa shape index (κ2) is 6.02. The van der Waals surface area contributed by atoms with Crippen LogP contribution < -0.4 is 5.32 Å². The van der Waals surface area contributed by atoms with Crippen LogP contribution in [0, 0.1) is 13.8 Å². The van der Waals surface area contributed by atoms with Gasteiger partial charge in [0.05, 0.1) is 18.3 Å². The Bertz CT molecular complexity index is 588. The second-order valence-corrected chi connectivity index (χ2v) is 6.82. The third-order valence-electron chi connectivity index (χ3n) is 3.99. The van der Waals surface area contributed by atoms with Crippen LogP contribution >= 0.6 is 0 Å². The monoisotopic (exact) mass is 285 g/mol. The third kappa shape index (κ3) is 3.73. The van der Waals surface area contributed by atoms with Crippen LogP contribution in [0.25, 0.3) is 0 Å². The van der Waals surface area contributed by atoms with Gasteiger partial charge < -0.3 is 5.32 Å². The van der Waals surface area contributed by atoms with Crippen molar-refractivity contribution in [3.63, 3.8) is 0 Å². The Balaban J connectivity index is 2.20. The summed E-state index contributed by atoms with van der Waals surface area (Å²) in [6.07, 6.45) is 0. The number of hydrogen-bond acceptors (Lipinski definition) is 2. The zero-order chi connectivity index (χ0) is 15.6. The van der Waals surface area contributed by atoms with Crippen molar-refractivity contribution in [3.8, 4) is 0 Å². The topological polar surface area (TPSA) is 29.9 Å². The smallest absolute Gasteiger partial charge is 0.0607 e. The molecule has 1 unspecified atom stereocenters. The minimum atomic E-state index is 0.198. The minimum Gasteiger partial charge on any atom is -0.311 e. The standard InChI is InChI=1S/C18H27N3/c1-13-11-14(2)21(20-13)12-17(19-6)15-7-9-16(10-8-15)18(3,4)5/h7-11,17,19H,12H2,1-6H3. The molecule has 1 atom stereocenters. The van der Waals surface area contributed by atoms with E-state index in [4.69, 9.17) is 0 Å². The van der Waals surface area contributed by atoms with Gasteiger partial charge in [-0.15, -0.1) is 0 Å². The molecule has 1 aromatic carbocycles. The predicted octanol–water partition coefficient (Wildman–Crippen LogP) is 3.76. The molecule has 3 nitrogen and oxygen atoms in total. The molecular formula is C18H27N3. The van der Waals surface area contributed by atoms with Crippen molar-refractivity contribution >= 4 is 0 Å². The predicted molar refractivity (Wildman–Crippen MR) is 88.6 cm³/mol. The van der Waals surface area contributed by atoms with E-state index < -0.39 is 0 Å². The molecule has 0 amide bonds. The Morgan fingerprint density at radius 3 is 2.19 bits per heavy atom. The molecule has 0 aliphatic rings. The van der Waals surface area contributed by atoms with Gasteiger partial charge in [-0.2, -0.15) is 5.10 Å². The molecule has 0 aliphatic heterocycles. The van der Waals surface area contributed by atoms with E-state index >= 15 is 0 Å². The van der Waals surface area contributed by atoms with Crippen molar-refractivity contribution in [3.05, 3.63) is 52.8 Å². The quantitative estimate of drug-likeness (QED) is 0.927. The minimum absolute atomic E-state index is 0.198. The number of hydrogen-bond donors (Lipinski definition) is 1. The number of aryl methyl sites for hydroxylation is 2. The Kier molecular flexibility index (Phi) is 4.52. The summed E-state index contributed by atoms with van der Waals surface area (Å²) >= 11 is 0. The molecule has 1 aromatic heterocycles. The molecule has 1 N–H and O–H groups in total. The van der Waals surface area contributed by atoms with Gasteiger partial charge in [0.2, 0.25) is 0 Å². The van der Waals surface area contributed by atoms with Crippen LogP contribution in [0.3, 0.4) is 0 Å². The second-order valence-electron chi connectivity index (χ2n) is 6.82. The normalized spacial score (nSPS) is 13.4. The van der Waals surface area contributed by atoms with Gasteiger partial charge in [0.25, 0.3) is 0 Å². The van der Waals surface area contributed by atoms with Crippen LogP contribution in [0.2, 0.25) is 0 Å². The van der Waals surface area contributed by atoms with Crippen LogP contribution in [0.5, 0.6) is 0 Å². The van der Waals surface area contributed by atoms with Gasteiger partial charge in [-0.25, -0.2) is 0 Å². The van der Waals surface area contributed by atoms with Gasteiger partial charge in [-0.3, -0.25) is 4.68 Å². The van der Waals surface area contributed by atoms with E-state index in [-0.39, 0.29) is 11.5 Å². The van der Waals surface area contributed by atoms with Crippen LogP contribution in [0.15, 0.2) is 30.3 Å². The van der Waals surface area contributed by atoms with Crippen molar-refractivity contribution in [2.45, 2.75) is 52.6 Å². The molecule has 0 aliphatic carbocycles. The lowest BCUT2D eigenvalue weighted by molar-refractivity contribution is 0.459. The molecule has 0 bridgehead atoms. The lowest BCUT2D eigenvalue weighted by Gasteiger charge is -2.22. The first-order chi connectivity index (χ1) is 9.81. The van der Waals surface area contributed by atoms with E-state index in [1.54, 1.807) is 0 Å². The number of likely N-dealkylation sites (N-methyl/N-ethyl adjacent to an activating group) is 1. The van der Waals surface area contributed by atoms with E-state index in [9.17, 15) is 0 Å². The fourth-order valence-electron chi connectivity index (χ4n) is 2.61. The van der Waals surface area contributed by atoms with Crippen LogP contribution in [-0.2, 0) is 12.0 Å². The van der Waals surface area contributed by atoms with Crippen molar-refractivity contribution in [2.24, 2.45) is 0 Å². The molecule has 0 spiro atoms. The molecule has 114 valence electrons. The molecule has 0 fully saturated rings.